The van der Waals surface area contributed by atoms with E-state index in [4.69, 9.17) is 10.7 Å². The molecule has 84 valence electrons. The van der Waals surface area contributed by atoms with Crippen LogP contribution in [0.15, 0.2) is 28.0 Å². The molecule has 1 aromatic rings. The zero-order chi connectivity index (χ0) is 11.9. The molecule has 1 rings (SSSR count). The molecule has 0 heterocycles. The highest BCUT2D eigenvalue weighted by molar-refractivity contribution is 8.13. The zero-order valence-corrected chi connectivity index (χ0v) is 10.4. The van der Waals surface area contributed by atoms with E-state index in [2.05, 4.69) is 0 Å². The largest absolute Gasteiger partial charge is 0.261 e. The van der Waals surface area contributed by atoms with Crippen LogP contribution in [0.4, 0.5) is 0 Å². The molecule has 0 bridgehead atoms. The summed E-state index contributed by atoms with van der Waals surface area (Å²) in [5.74, 6) is 0. The summed E-state index contributed by atoms with van der Waals surface area (Å²) in [7, 11) is -2.22. The number of benzene rings is 1. The topological polar surface area (TPSA) is 68.3 Å². The molecule has 0 radical (unpaired) electrons. The Morgan fingerprint density at radius 1 is 1.13 bits per heavy atom. The van der Waals surface area contributed by atoms with Crippen molar-refractivity contribution in [3.63, 3.8) is 0 Å². The number of aryl methyl sites for hydroxylation is 1. The van der Waals surface area contributed by atoms with Gasteiger partial charge in [-0.25, -0.2) is 16.8 Å². The minimum absolute atomic E-state index is 0.0239. The van der Waals surface area contributed by atoms with E-state index < -0.39 is 18.9 Å². The summed E-state index contributed by atoms with van der Waals surface area (Å²) in [6.07, 6.45) is 1.01. The van der Waals surface area contributed by atoms with E-state index in [0.717, 1.165) is 12.3 Å². The molecule has 0 spiro atoms. The summed E-state index contributed by atoms with van der Waals surface area (Å²) in [6, 6.07) is 3.74. The van der Waals surface area contributed by atoms with Gasteiger partial charge in [0.15, 0.2) is 9.84 Å². The van der Waals surface area contributed by atoms with Crippen molar-refractivity contribution in [3.8, 4) is 0 Å². The van der Waals surface area contributed by atoms with Gasteiger partial charge in [-0.15, -0.1) is 0 Å². The molecule has 0 saturated heterocycles. The summed E-state index contributed by atoms with van der Waals surface area (Å²) >= 11 is 0. The Morgan fingerprint density at radius 2 is 1.67 bits per heavy atom. The highest BCUT2D eigenvalue weighted by Crippen LogP contribution is 2.22. The maximum atomic E-state index is 11.3. The number of hydrogen-bond acceptors (Lipinski definition) is 4. The molecule has 0 saturated carbocycles. The normalized spacial score (nSPS) is 12.7. The van der Waals surface area contributed by atoms with Crippen LogP contribution in [0.1, 0.15) is 5.56 Å². The zero-order valence-electron chi connectivity index (χ0n) is 8.06. The lowest BCUT2D eigenvalue weighted by atomic mass is 10.2. The predicted octanol–water partition coefficient (Wildman–Crippen LogP) is 1.33. The van der Waals surface area contributed by atoms with Gasteiger partial charge in [-0.05, 0) is 24.6 Å². The van der Waals surface area contributed by atoms with Gasteiger partial charge in [0.1, 0.15) is 0 Å². The first kappa shape index (κ1) is 12.5. The number of hydrogen-bond donors (Lipinski definition) is 0. The smallest absolute Gasteiger partial charge is 0.224 e. The van der Waals surface area contributed by atoms with Gasteiger partial charge in [-0.1, -0.05) is 6.07 Å². The van der Waals surface area contributed by atoms with Gasteiger partial charge in [0.25, 0.3) is 9.05 Å². The van der Waals surface area contributed by atoms with E-state index in [1.54, 1.807) is 6.92 Å². The minimum Gasteiger partial charge on any atom is -0.224 e. The van der Waals surface area contributed by atoms with Crippen molar-refractivity contribution in [2.75, 3.05) is 6.26 Å². The van der Waals surface area contributed by atoms with E-state index in [1.165, 1.54) is 12.1 Å². The van der Waals surface area contributed by atoms with Crippen molar-refractivity contribution in [1.82, 2.24) is 0 Å². The van der Waals surface area contributed by atoms with Gasteiger partial charge in [-0.2, -0.15) is 0 Å². The van der Waals surface area contributed by atoms with Crippen molar-refractivity contribution in [2.45, 2.75) is 16.7 Å². The van der Waals surface area contributed by atoms with Crippen LogP contribution in [0.2, 0.25) is 0 Å². The summed E-state index contributed by atoms with van der Waals surface area (Å²) in [5, 5.41) is 0. The van der Waals surface area contributed by atoms with Gasteiger partial charge in [-0.3, -0.25) is 0 Å². The molecule has 4 nitrogen and oxygen atoms in total. The van der Waals surface area contributed by atoms with E-state index in [-0.39, 0.29) is 9.79 Å². The lowest BCUT2D eigenvalue weighted by Crippen LogP contribution is -2.02. The molecular formula is C8H9ClO4S2. The van der Waals surface area contributed by atoms with E-state index >= 15 is 0 Å². The van der Waals surface area contributed by atoms with Gasteiger partial charge < -0.3 is 0 Å². The van der Waals surface area contributed by atoms with Crippen molar-refractivity contribution < 1.29 is 16.8 Å². The molecule has 0 aliphatic carbocycles. The van der Waals surface area contributed by atoms with Crippen LogP contribution in [0.3, 0.4) is 0 Å². The average molecular weight is 269 g/mol. The molecule has 0 aromatic heterocycles. The van der Waals surface area contributed by atoms with Crippen molar-refractivity contribution in [1.29, 1.82) is 0 Å². The van der Waals surface area contributed by atoms with Crippen molar-refractivity contribution in [2.24, 2.45) is 0 Å². The Labute approximate surface area is 93.2 Å². The first-order valence-corrected chi connectivity index (χ1v) is 8.08. The predicted molar refractivity (Wildman–Crippen MR) is 57.3 cm³/mol. The molecule has 15 heavy (non-hydrogen) atoms. The Kier molecular flexibility index (Phi) is 3.14. The third kappa shape index (κ3) is 2.93. The van der Waals surface area contributed by atoms with Crippen LogP contribution in [0.5, 0.6) is 0 Å². The summed E-state index contributed by atoms with van der Waals surface area (Å²) < 4.78 is 44.6. The minimum atomic E-state index is -3.89. The highest BCUT2D eigenvalue weighted by Gasteiger charge is 2.16. The molecule has 1 aromatic carbocycles. The molecular weight excluding hydrogens is 260 g/mol. The fraction of sp³-hybridized carbons (Fsp3) is 0.250. The fourth-order valence-corrected chi connectivity index (χ4v) is 2.98. The van der Waals surface area contributed by atoms with E-state index in [9.17, 15) is 16.8 Å². The molecule has 0 unspecified atom stereocenters. The second-order valence-corrected chi connectivity index (χ2v) is 7.69. The maximum Gasteiger partial charge on any atom is 0.261 e. The maximum absolute atomic E-state index is 11.3. The van der Waals surface area contributed by atoms with Crippen LogP contribution < -0.4 is 0 Å². The van der Waals surface area contributed by atoms with E-state index in [0.29, 0.717) is 5.56 Å². The third-order valence-corrected chi connectivity index (χ3v) is 4.43. The van der Waals surface area contributed by atoms with Gasteiger partial charge in [0.2, 0.25) is 0 Å². The molecule has 0 N–H and O–H groups in total. The van der Waals surface area contributed by atoms with E-state index in [1.807, 2.05) is 0 Å². The SMILES string of the molecule is Cc1ccc(S(=O)(=O)Cl)cc1S(C)(=O)=O. The molecule has 0 fully saturated rings. The van der Waals surface area contributed by atoms with Gasteiger partial charge in [0, 0.05) is 16.9 Å². The van der Waals surface area contributed by atoms with Crippen LogP contribution in [0.25, 0.3) is 0 Å². The summed E-state index contributed by atoms with van der Waals surface area (Å²) in [4.78, 5) is -0.237. The van der Waals surface area contributed by atoms with Gasteiger partial charge >= 0.3 is 0 Å². The lowest BCUT2D eigenvalue weighted by Gasteiger charge is -2.04. The monoisotopic (exact) mass is 268 g/mol. The molecule has 0 atom stereocenters. The van der Waals surface area contributed by atoms with Crippen molar-refractivity contribution in [3.05, 3.63) is 23.8 Å². The highest BCUT2D eigenvalue weighted by atomic mass is 35.7. The number of halogens is 1. The summed E-state index contributed by atoms with van der Waals surface area (Å²) in [6.45, 7) is 1.58. The molecule has 0 aliphatic rings. The Morgan fingerprint density at radius 3 is 2.07 bits per heavy atom. The first-order chi connectivity index (χ1) is 6.62. The lowest BCUT2D eigenvalue weighted by molar-refractivity contribution is 0.601. The Hall–Kier alpha value is -0.590. The Balaban J connectivity index is 3.57. The van der Waals surface area contributed by atoms with Gasteiger partial charge in [0.05, 0.1) is 9.79 Å². The number of rotatable bonds is 2. The third-order valence-electron chi connectivity index (χ3n) is 1.84. The molecule has 7 heteroatoms. The van der Waals surface area contributed by atoms with Crippen LogP contribution in [0, 0.1) is 6.92 Å². The molecule has 0 aliphatic heterocycles. The van der Waals surface area contributed by atoms with Crippen LogP contribution in [-0.4, -0.2) is 23.1 Å². The average Bonchev–Trinajstić information content (AvgIpc) is 2.00. The second kappa shape index (κ2) is 3.77. The fourth-order valence-electron chi connectivity index (χ4n) is 1.13. The number of sulfone groups is 1. The van der Waals surface area contributed by atoms with Crippen molar-refractivity contribution >= 4 is 29.6 Å². The second-order valence-electron chi connectivity index (χ2n) is 3.14. The molecule has 0 amide bonds. The first-order valence-electron chi connectivity index (χ1n) is 3.88. The summed E-state index contributed by atoms with van der Waals surface area (Å²) in [5.41, 5.74) is 0.488. The standard InChI is InChI=1S/C8H9ClO4S2/c1-6-3-4-7(15(9,12)13)5-8(6)14(2,10)11/h3-5H,1-2H3. The van der Waals surface area contributed by atoms with Crippen LogP contribution in [-0.2, 0) is 18.9 Å². The quantitative estimate of drug-likeness (QED) is 0.759. The van der Waals surface area contributed by atoms with Crippen LogP contribution >= 0.6 is 10.7 Å². The Bertz CT molecular complexity index is 587.